The van der Waals surface area contributed by atoms with Gasteiger partial charge in [-0.2, -0.15) is 5.26 Å². The molecule has 2 nitrogen and oxygen atoms in total. The van der Waals surface area contributed by atoms with Gasteiger partial charge in [0, 0.05) is 6.07 Å². The Morgan fingerprint density at radius 3 is 2.54 bits per heavy atom. The molecule has 0 aromatic heterocycles. The van der Waals surface area contributed by atoms with E-state index in [0.29, 0.717) is 12.5 Å². The van der Waals surface area contributed by atoms with Gasteiger partial charge in [-0.05, 0) is 24.6 Å². The van der Waals surface area contributed by atoms with Crippen LogP contribution in [-0.2, 0) is 6.42 Å². The quantitative estimate of drug-likeness (QED) is 0.750. The standard InChI is InChI=1S/C9H8F2N2/c10-8-4-9(11)7(5-13)3-6(8)1-2-12/h3-4H,1-2,12H2. The Labute approximate surface area is 74.6 Å². The Bertz CT molecular complexity index is 355. The van der Waals surface area contributed by atoms with E-state index in [-0.39, 0.29) is 17.7 Å². The maximum atomic E-state index is 12.9. The van der Waals surface area contributed by atoms with Crippen molar-refractivity contribution in [3.05, 3.63) is 34.9 Å². The topological polar surface area (TPSA) is 49.8 Å². The van der Waals surface area contributed by atoms with Crippen LogP contribution in [0, 0.1) is 23.0 Å². The van der Waals surface area contributed by atoms with Gasteiger partial charge in [-0.15, -0.1) is 0 Å². The third-order valence-electron chi connectivity index (χ3n) is 1.67. The van der Waals surface area contributed by atoms with Gasteiger partial charge in [0.25, 0.3) is 0 Å². The van der Waals surface area contributed by atoms with Crippen LogP contribution in [0.3, 0.4) is 0 Å². The maximum Gasteiger partial charge on any atom is 0.143 e. The summed E-state index contributed by atoms with van der Waals surface area (Å²) in [5, 5.41) is 8.46. The molecule has 0 aliphatic heterocycles. The van der Waals surface area contributed by atoms with Crippen LogP contribution in [0.2, 0.25) is 0 Å². The lowest BCUT2D eigenvalue weighted by molar-refractivity contribution is 0.570. The Balaban J connectivity index is 3.16. The predicted molar refractivity (Wildman–Crippen MR) is 43.8 cm³/mol. The Kier molecular flexibility index (Phi) is 2.93. The third-order valence-corrected chi connectivity index (χ3v) is 1.67. The Morgan fingerprint density at radius 1 is 1.31 bits per heavy atom. The first-order valence-electron chi connectivity index (χ1n) is 3.77. The van der Waals surface area contributed by atoms with E-state index in [0.717, 1.165) is 0 Å². The van der Waals surface area contributed by atoms with Gasteiger partial charge < -0.3 is 5.73 Å². The van der Waals surface area contributed by atoms with Crippen LogP contribution in [0.1, 0.15) is 11.1 Å². The molecule has 0 unspecified atom stereocenters. The van der Waals surface area contributed by atoms with Crippen LogP contribution >= 0.6 is 0 Å². The summed E-state index contributed by atoms with van der Waals surface area (Å²) in [7, 11) is 0. The summed E-state index contributed by atoms with van der Waals surface area (Å²) >= 11 is 0. The van der Waals surface area contributed by atoms with Gasteiger partial charge in [0.15, 0.2) is 0 Å². The van der Waals surface area contributed by atoms with E-state index in [4.69, 9.17) is 11.0 Å². The highest BCUT2D eigenvalue weighted by molar-refractivity contribution is 5.35. The van der Waals surface area contributed by atoms with E-state index in [1.54, 1.807) is 6.07 Å². The predicted octanol–water partition coefficient (Wildman–Crippen LogP) is 1.34. The largest absolute Gasteiger partial charge is 0.330 e. The van der Waals surface area contributed by atoms with Crippen LogP contribution in [0.5, 0.6) is 0 Å². The lowest BCUT2D eigenvalue weighted by atomic mass is 10.1. The van der Waals surface area contributed by atoms with Gasteiger partial charge in [0.2, 0.25) is 0 Å². The van der Waals surface area contributed by atoms with Gasteiger partial charge in [-0.3, -0.25) is 0 Å². The highest BCUT2D eigenvalue weighted by Gasteiger charge is 2.08. The summed E-state index contributed by atoms with van der Waals surface area (Å²) in [6.07, 6.45) is 0.306. The van der Waals surface area contributed by atoms with Gasteiger partial charge in [-0.25, -0.2) is 8.78 Å². The average molecular weight is 182 g/mol. The van der Waals surface area contributed by atoms with Crippen molar-refractivity contribution in [1.82, 2.24) is 0 Å². The molecule has 0 fully saturated rings. The summed E-state index contributed by atoms with van der Waals surface area (Å²) in [6, 6.07) is 3.54. The second-order valence-electron chi connectivity index (χ2n) is 2.57. The molecule has 0 saturated heterocycles. The number of nitrogens with two attached hydrogens (primary N) is 1. The van der Waals surface area contributed by atoms with Gasteiger partial charge in [0.1, 0.15) is 17.7 Å². The molecule has 0 saturated carbocycles. The summed E-state index contributed by atoms with van der Waals surface area (Å²) in [6.45, 7) is 0.271. The molecule has 0 aliphatic rings. The van der Waals surface area contributed by atoms with E-state index in [1.165, 1.54) is 6.07 Å². The summed E-state index contributed by atoms with van der Waals surface area (Å²) in [5.74, 6) is -1.48. The van der Waals surface area contributed by atoms with Crippen molar-refractivity contribution in [2.24, 2.45) is 5.73 Å². The molecular formula is C9H8F2N2. The first kappa shape index (κ1) is 9.62. The molecule has 1 rings (SSSR count). The van der Waals surface area contributed by atoms with Gasteiger partial charge >= 0.3 is 0 Å². The second-order valence-corrected chi connectivity index (χ2v) is 2.57. The Hall–Kier alpha value is -1.47. The molecular weight excluding hydrogens is 174 g/mol. The zero-order chi connectivity index (χ0) is 9.84. The van der Waals surface area contributed by atoms with Crippen molar-refractivity contribution < 1.29 is 8.78 Å². The van der Waals surface area contributed by atoms with Crippen molar-refractivity contribution in [2.75, 3.05) is 6.54 Å². The third kappa shape index (κ3) is 2.01. The average Bonchev–Trinajstić information content (AvgIpc) is 2.10. The second kappa shape index (κ2) is 3.97. The minimum absolute atomic E-state index is 0.148. The smallest absolute Gasteiger partial charge is 0.143 e. The molecule has 0 bridgehead atoms. The SMILES string of the molecule is N#Cc1cc(CCN)c(F)cc1F. The van der Waals surface area contributed by atoms with Crippen molar-refractivity contribution in [2.45, 2.75) is 6.42 Å². The molecule has 0 heterocycles. The van der Waals surface area contributed by atoms with E-state index < -0.39 is 11.6 Å². The first-order chi connectivity index (χ1) is 6.19. The first-order valence-corrected chi connectivity index (χ1v) is 3.77. The number of nitriles is 1. The number of hydrogen-bond acceptors (Lipinski definition) is 2. The van der Waals surface area contributed by atoms with E-state index >= 15 is 0 Å². The summed E-state index contributed by atoms with van der Waals surface area (Å²) < 4.78 is 25.7. The lowest BCUT2D eigenvalue weighted by Gasteiger charge is -2.01. The highest BCUT2D eigenvalue weighted by atomic mass is 19.1. The monoisotopic (exact) mass is 182 g/mol. The van der Waals surface area contributed by atoms with Gasteiger partial charge in [-0.1, -0.05) is 0 Å². The van der Waals surface area contributed by atoms with Crippen molar-refractivity contribution in [1.29, 1.82) is 5.26 Å². The number of nitrogens with zero attached hydrogens (tertiary/aromatic N) is 1. The highest BCUT2D eigenvalue weighted by Crippen LogP contribution is 2.14. The maximum absolute atomic E-state index is 12.9. The molecule has 0 aliphatic carbocycles. The van der Waals surface area contributed by atoms with Crippen LogP contribution < -0.4 is 5.73 Å². The summed E-state index contributed by atoms with van der Waals surface area (Å²) in [4.78, 5) is 0. The Morgan fingerprint density at radius 2 is 2.00 bits per heavy atom. The number of halogens is 2. The van der Waals surface area contributed by atoms with Gasteiger partial charge in [0.05, 0.1) is 5.56 Å². The molecule has 1 aromatic rings. The molecule has 0 spiro atoms. The van der Waals surface area contributed by atoms with Crippen LogP contribution in [0.4, 0.5) is 8.78 Å². The van der Waals surface area contributed by atoms with E-state index in [1.807, 2.05) is 0 Å². The normalized spacial score (nSPS) is 9.69. The minimum atomic E-state index is -0.833. The number of rotatable bonds is 2. The fraction of sp³-hybridized carbons (Fsp3) is 0.222. The fourth-order valence-corrected chi connectivity index (χ4v) is 1.03. The zero-order valence-electron chi connectivity index (χ0n) is 6.85. The number of hydrogen-bond donors (Lipinski definition) is 1. The van der Waals surface area contributed by atoms with E-state index in [2.05, 4.69) is 0 Å². The molecule has 0 amide bonds. The molecule has 68 valence electrons. The van der Waals surface area contributed by atoms with Crippen LogP contribution in [0.15, 0.2) is 12.1 Å². The lowest BCUT2D eigenvalue weighted by Crippen LogP contribution is -2.05. The number of benzene rings is 1. The molecule has 0 radical (unpaired) electrons. The molecule has 0 atom stereocenters. The molecule has 2 N–H and O–H groups in total. The minimum Gasteiger partial charge on any atom is -0.330 e. The van der Waals surface area contributed by atoms with Crippen LogP contribution in [0.25, 0.3) is 0 Å². The van der Waals surface area contributed by atoms with Crippen molar-refractivity contribution >= 4 is 0 Å². The van der Waals surface area contributed by atoms with Crippen molar-refractivity contribution in [3.63, 3.8) is 0 Å². The van der Waals surface area contributed by atoms with E-state index in [9.17, 15) is 8.78 Å². The molecule has 4 heteroatoms. The van der Waals surface area contributed by atoms with Crippen LogP contribution in [-0.4, -0.2) is 6.54 Å². The summed E-state index contributed by atoms with van der Waals surface area (Å²) in [5.41, 5.74) is 5.35. The molecule has 13 heavy (non-hydrogen) atoms. The zero-order valence-corrected chi connectivity index (χ0v) is 6.85. The van der Waals surface area contributed by atoms with Crippen molar-refractivity contribution in [3.8, 4) is 6.07 Å². The fourth-order valence-electron chi connectivity index (χ4n) is 1.03. The molecule has 1 aromatic carbocycles.